The molecule has 4 aromatic rings. The second-order valence-corrected chi connectivity index (χ2v) is 10.2. The standard InChI is InChI=1S/C28H19BrN2O5S/c29-23-11-12-25(36-17-21-7-3-4-8-24(21)31(34)35)22(14-23)15-26-27(32)30(28(33)37-26)16-18-9-10-19-5-1-2-6-20(19)13-18/h1-15H,16-17H2/b26-15-. The SMILES string of the molecule is O=C1S/C(=C\c2cc(Br)ccc2OCc2ccccc2[N+](=O)[O-])C(=O)N1Cc1ccc2ccccc2c1. The Hall–Kier alpha value is -3.95. The van der Waals surface area contributed by atoms with Crippen molar-refractivity contribution >= 4 is 61.4 Å². The van der Waals surface area contributed by atoms with Crippen LogP contribution in [0.2, 0.25) is 0 Å². The average Bonchev–Trinajstić information content (AvgIpc) is 3.15. The largest absolute Gasteiger partial charge is 0.488 e. The number of rotatable bonds is 7. The number of nitrogens with zero attached hydrogens (tertiary/aromatic N) is 2. The van der Waals surface area contributed by atoms with Gasteiger partial charge in [-0.3, -0.25) is 24.6 Å². The summed E-state index contributed by atoms with van der Waals surface area (Å²) in [6.45, 7) is 0.148. The third-order valence-electron chi connectivity index (χ3n) is 5.86. The first-order valence-electron chi connectivity index (χ1n) is 11.3. The van der Waals surface area contributed by atoms with E-state index in [2.05, 4.69) is 15.9 Å². The first kappa shape index (κ1) is 24.7. The van der Waals surface area contributed by atoms with Gasteiger partial charge >= 0.3 is 0 Å². The smallest absolute Gasteiger partial charge is 0.293 e. The van der Waals surface area contributed by atoms with Crippen LogP contribution in [0.1, 0.15) is 16.7 Å². The second kappa shape index (κ2) is 10.6. The molecule has 5 rings (SSSR count). The van der Waals surface area contributed by atoms with E-state index in [1.165, 1.54) is 11.0 Å². The van der Waals surface area contributed by atoms with Crippen LogP contribution in [0.3, 0.4) is 0 Å². The number of para-hydroxylation sites is 1. The zero-order chi connectivity index (χ0) is 25.9. The highest BCUT2D eigenvalue weighted by Crippen LogP contribution is 2.36. The molecular weight excluding hydrogens is 556 g/mol. The molecule has 0 aromatic heterocycles. The van der Waals surface area contributed by atoms with Crippen LogP contribution in [-0.4, -0.2) is 21.0 Å². The van der Waals surface area contributed by atoms with Gasteiger partial charge in [-0.05, 0) is 64.5 Å². The van der Waals surface area contributed by atoms with E-state index in [0.29, 0.717) is 16.9 Å². The Morgan fingerprint density at radius 1 is 0.946 bits per heavy atom. The van der Waals surface area contributed by atoms with Crippen LogP contribution in [0.4, 0.5) is 10.5 Å². The number of amides is 2. The maximum atomic E-state index is 13.2. The maximum Gasteiger partial charge on any atom is 0.293 e. The summed E-state index contributed by atoms with van der Waals surface area (Å²) in [4.78, 5) is 38.3. The number of hydrogen-bond donors (Lipinski definition) is 0. The molecule has 0 saturated carbocycles. The minimum absolute atomic E-state index is 0.0247. The van der Waals surface area contributed by atoms with Gasteiger partial charge in [-0.15, -0.1) is 0 Å². The molecule has 2 amide bonds. The normalized spacial score (nSPS) is 14.5. The van der Waals surface area contributed by atoms with Crippen molar-refractivity contribution in [2.45, 2.75) is 13.2 Å². The molecule has 1 aliphatic heterocycles. The lowest BCUT2D eigenvalue weighted by Gasteiger charge is -2.13. The Morgan fingerprint density at radius 2 is 1.70 bits per heavy atom. The van der Waals surface area contributed by atoms with Gasteiger partial charge < -0.3 is 4.74 Å². The lowest BCUT2D eigenvalue weighted by Crippen LogP contribution is -2.27. The van der Waals surface area contributed by atoms with E-state index in [1.807, 2.05) is 42.5 Å². The van der Waals surface area contributed by atoms with Crippen molar-refractivity contribution < 1.29 is 19.2 Å². The van der Waals surface area contributed by atoms with Gasteiger partial charge in [0.05, 0.1) is 21.9 Å². The van der Waals surface area contributed by atoms with Gasteiger partial charge in [-0.2, -0.15) is 0 Å². The van der Waals surface area contributed by atoms with E-state index in [4.69, 9.17) is 4.74 Å². The highest BCUT2D eigenvalue weighted by atomic mass is 79.9. The first-order chi connectivity index (χ1) is 17.9. The molecule has 37 heavy (non-hydrogen) atoms. The zero-order valence-electron chi connectivity index (χ0n) is 19.3. The number of nitro groups is 1. The predicted molar refractivity (Wildman–Crippen MR) is 147 cm³/mol. The fourth-order valence-corrected chi connectivity index (χ4v) is 5.24. The summed E-state index contributed by atoms with van der Waals surface area (Å²) >= 11 is 4.31. The van der Waals surface area contributed by atoms with Crippen LogP contribution in [0, 0.1) is 10.1 Å². The summed E-state index contributed by atoms with van der Waals surface area (Å²) in [6.07, 6.45) is 1.62. The van der Waals surface area contributed by atoms with Crippen molar-refractivity contribution in [3.8, 4) is 5.75 Å². The number of thioether (sulfide) groups is 1. The molecular formula is C28H19BrN2O5S. The minimum Gasteiger partial charge on any atom is -0.488 e. The van der Waals surface area contributed by atoms with E-state index in [0.717, 1.165) is 32.6 Å². The van der Waals surface area contributed by atoms with E-state index in [-0.39, 0.29) is 34.9 Å². The van der Waals surface area contributed by atoms with Crippen LogP contribution < -0.4 is 4.74 Å². The van der Waals surface area contributed by atoms with Gasteiger partial charge in [0.2, 0.25) is 0 Å². The molecule has 0 spiro atoms. The molecule has 184 valence electrons. The topological polar surface area (TPSA) is 89.7 Å². The summed E-state index contributed by atoms with van der Waals surface area (Å²) in [5.74, 6) is 0.0514. The Morgan fingerprint density at radius 3 is 2.51 bits per heavy atom. The number of ether oxygens (including phenoxy) is 1. The van der Waals surface area contributed by atoms with Gasteiger partial charge in [0.25, 0.3) is 16.8 Å². The summed E-state index contributed by atoms with van der Waals surface area (Å²) in [6, 6.07) is 25.4. The maximum absolute atomic E-state index is 13.2. The summed E-state index contributed by atoms with van der Waals surface area (Å²) in [5.41, 5.74) is 1.83. The van der Waals surface area contributed by atoms with Gasteiger partial charge in [-0.1, -0.05) is 64.5 Å². The van der Waals surface area contributed by atoms with Crippen molar-refractivity contribution in [1.82, 2.24) is 4.90 Å². The van der Waals surface area contributed by atoms with Crippen molar-refractivity contribution in [2.24, 2.45) is 0 Å². The van der Waals surface area contributed by atoms with Crippen molar-refractivity contribution in [3.63, 3.8) is 0 Å². The molecule has 0 radical (unpaired) electrons. The Labute approximate surface area is 225 Å². The van der Waals surface area contributed by atoms with E-state index in [1.54, 1.807) is 42.5 Å². The number of nitro benzene ring substituents is 1. The zero-order valence-corrected chi connectivity index (χ0v) is 21.7. The quantitative estimate of drug-likeness (QED) is 0.130. The predicted octanol–water partition coefficient (Wildman–Crippen LogP) is 7.33. The molecule has 0 unspecified atom stereocenters. The number of fused-ring (bicyclic) bond motifs is 1. The van der Waals surface area contributed by atoms with Gasteiger partial charge in [-0.25, -0.2) is 0 Å². The van der Waals surface area contributed by atoms with Crippen LogP contribution in [0.15, 0.2) is 94.3 Å². The Balaban J connectivity index is 1.37. The van der Waals surface area contributed by atoms with Crippen LogP contribution in [0.5, 0.6) is 5.75 Å². The van der Waals surface area contributed by atoms with Crippen molar-refractivity contribution in [1.29, 1.82) is 0 Å². The molecule has 1 heterocycles. The third kappa shape index (κ3) is 5.42. The van der Waals surface area contributed by atoms with Crippen LogP contribution >= 0.6 is 27.7 Å². The summed E-state index contributed by atoms with van der Waals surface area (Å²) < 4.78 is 6.67. The highest BCUT2D eigenvalue weighted by Gasteiger charge is 2.35. The van der Waals surface area contributed by atoms with Crippen molar-refractivity contribution in [3.05, 3.63) is 121 Å². The molecule has 1 saturated heterocycles. The number of hydrogen-bond acceptors (Lipinski definition) is 6. The molecule has 0 aliphatic carbocycles. The number of carbonyl (C=O) groups excluding carboxylic acids is 2. The molecule has 0 atom stereocenters. The number of carbonyl (C=O) groups is 2. The number of halogens is 1. The van der Waals surface area contributed by atoms with E-state index in [9.17, 15) is 19.7 Å². The Kier molecular flexibility index (Phi) is 7.07. The highest BCUT2D eigenvalue weighted by molar-refractivity contribution is 9.10. The summed E-state index contributed by atoms with van der Waals surface area (Å²) in [7, 11) is 0. The molecule has 9 heteroatoms. The molecule has 0 N–H and O–H groups in total. The minimum atomic E-state index is -0.452. The average molecular weight is 575 g/mol. The van der Waals surface area contributed by atoms with Crippen LogP contribution in [-0.2, 0) is 17.9 Å². The van der Waals surface area contributed by atoms with Crippen LogP contribution in [0.25, 0.3) is 16.8 Å². The van der Waals surface area contributed by atoms with Gasteiger partial charge in [0.1, 0.15) is 12.4 Å². The monoisotopic (exact) mass is 574 g/mol. The molecule has 1 fully saturated rings. The molecule has 1 aliphatic rings. The fraction of sp³-hybridized carbons (Fsp3) is 0.0714. The fourth-order valence-electron chi connectivity index (χ4n) is 4.03. The number of imide groups is 1. The lowest BCUT2D eigenvalue weighted by atomic mass is 10.1. The van der Waals surface area contributed by atoms with Gasteiger partial charge in [0.15, 0.2) is 0 Å². The van der Waals surface area contributed by atoms with E-state index < -0.39 is 4.92 Å². The molecule has 0 bridgehead atoms. The second-order valence-electron chi connectivity index (χ2n) is 8.31. The third-order valence-corrected chi connectivity index (χ3v) is 7.26. The van der Waals surface area contributed by atoms with E-state index >= 15 is 0 Å². The van der Waals surface area contributed by atoms with Crippen molar-refractivity contribution in [2.75, 3.05) is 0 Å². The first-order valence-corrected chi connectivity index (χ1v) is 12.9. The van der Waals surface area contributed by atoms with Gasteiger partial charge in [0, 0.05) is 16.1 Å². The molecule has 4 aromatic carbocycles. The summed E-state index contributed by atoms with van der Waals surface area (Å²) in [5, 5.41) is 13.1. The lowest BCUT2D eigenvalue weighted by molar-refractivity contribution is -0.385. The Bertz CT molecular complexity index is 1590. The molecule has 7 nitrogen and oxygen atoms in total. The number of benzene rings is 4.